The Morgan fingerprint density at radius 2 is 1.63 bits per heavy atom. The fraction of sp³-hybridized carbons (Fsp3) is 0.261. The van der Waals surface area contributed by atoms with E-state index >= 15 is 0 Å². The number of allylic oxidation sites excluding steroid dienone is 2. The van der Waals surface area contributed by atoms with Gasteiger partial charge in [-0.05, 0) is 32.4 Å². The number of methoxy groups -OCH3 is 3. The lowest BCUT2D eigenvalue weighted by molar-refractivity contribution is 0.324. The van der Waals surface area contributed by atoms with Gasteiger partial charge in [0.15, 0.2) is 11.5 Å². The van der Waals surface area contributed by atoms with Crippen LogP contribution in [0.25, 0.3) is 22.3 Å². The number of hydrogen-bond acceptors (Lipinski definition) is 7. The maximum absolute atomic E-state index is 13.3. The molecule has 1 heterocycles. The van der Waals surface area contributed by atoms with E-state index in [0.717, 1.165) is 11.6 Å². The van der Waals surface area contributed by atoms with Gasteiger partial charge in [-0.2, -0.15) is 0 Å². The molecular weight excluding hydrogens is 388 g/mol. The van der Waals surface area contributed by atoms with Crippen LogP contribution in [-0.2, 0) is 6.42 Å². The molecule has 0 radical (unpaired) electrons. The molecule has 2 aromatic carbocycles. The van der Waals surface area contributed by atoms with Crippen LogP contribution in [0.4, 0.5) is 0 Å². The van der Waals surface area contributed by atoms with Crippen LogP contribution in [0.5, 0.6) is 28.7 Å². The maximum atomic E-state index is 13.3. The fourth-order valence-corrected chi connectivity index (χ4v) is 3.26. The Hall–Kier alpha value is -3.61. The second kappa shape index (κ2) is 8.41. The van der Waals surface area contributed by atoms with E-state index in [1.165, 1.54) is 27.4 Å². The van der Waals surface area contributed by atoms with Crippen molar-refractivity contribution in [3.05, 3.63) is 51.7 Å². The number of hydrogen-bond donors (Lipinski definition) is 2. The van der Waals surface area contributed by atoms with Crippen LogP contribution in [0.3, 0.4) is 0 Å². The smallest absolute Gasteiger partial charge is 0.203 e. The monoisotopic (exact) mass is 412 g/mol. The highest BCUT2D eigenvalue weighted by Gasteiger charge is 2.22. The highest BCUT2D eigenvalue weighted by molar-refractivity contribution is 5.87. The Labute approximate surface area is 173 Å². The second-order valence-electron chi connectivity index (χ2n) is 6.98. The van der Waals surface area contributed by atoms with Gasteiger partial charge in [0.2, 0.25) is 11.2 Å². The molecule has 1 aromatic heterocycles. The first kappa shape index (κ1) is 21.1. The van der Waals surface area contributed by atoms with Gasteiger partial charge in [-0.15, -0.1) is 0 Å². The molecule has 7 heteroatoms. The third-order valence-electron chi connectivity index (χ3n) is 4.69. The quantitative estimate of drug-likeness (QED) is 0.579. The maximum Gasteiger partial charge on any atom is 0.203 e. The average molecular weight is 412 g/mol. The molecule has 2 N–H and O–H groups in total. The molecule has 0 saturated carbocycles. The summed E-state index contributed by atoms with van der Waals surface area (Å²) in [6.45, 7) is 3.86. The highest BCUT2D eigenvalue weighted by Crippen LogP contribution is 2.42. The number of ether oxygens (including phenoxy) is 3. The number of aromatic hydroxyl groups is 2. The summed E-state index contributed by atoms with van der Waals surface area (Å²) in [5.41, 5.74) is 1.61. The van der Waals surface area contributed by atoms with Gasteiger partial charge in [0.05, 0.1) is 21.3 Å². The van der Waals surface area contributed by atoms with Crippen molar-refractivity contribution in [3.63, 3.8) is 0 Å². The van der Waals surface area contributed by atoms with Crippen molar-refractivity contribution in [1.29, 1.82) is 0 Å². The van der Waals surface area contributed by atoms with Crippen molar-refractivity contribution >= 4 is 11.0 Å². The summed E-state index contributed by atoms with van der Waals surface area (Å²) in [5, 5.41) is 20.1. The number of phenolic OH excluding ortho intramolecular Hbond substituents is 2. The first-order chi connectivity index (χ1) is 14.3. The van der Waals surface area contributed by atoms with Crippen molar-refractivity contribution in [2.75, 3.05) is 21.3 Å². The Morgan fingerprint density at radius 3 is 2.17 bits per heavy atom. The highest BCUT2D eigenvalue weighted by atomic mass is 16.5. The number of benzene rings is 2. The van der Waals surface area contributed by atoms with Gasteiger partial charge in [-0.25, -0.2) is 0 Å². The molecule has 3 aromatic rings. The summed E-state index contributed by atoms with van der Waals surface area (Å²) in [5.74, 6) is 0.954. The standard InChI is InChI=1S/C23H24O7/c1-12(2)6-7-15-21(26)20-16(25)10-14(24)11-17(20)30-22(15)13-8-18(27-3)23(29-5)19(9-13)28-4/h6,8-11,24-25H,7H2,1-5H3. The Morgan fingerprint density at radius 1 is 1.00 bits per heavy atom. The molecule has 0 fully saturated rings. The van der Waals surface area contributed by atoms with Crippen LogP contribution < -0.4 is 19.6 Å². The van der Waals surface area contributed by atoms with Gasteiger partial charge >= 0.3 is 0 Å². The molecule has 0 aliphatic heterocycles. The molecule has 0 amide bonds. The third-order valence-corrected chi connectivity index (χ3v) is 4.69. The number of rotatable bonds is 6. The van der Waals surface area contributed by atoms with Gasteiger partial charge in [-0.1, -0.05) is 11.6 Å². The molecule has 7 nitrogen and oxygen atoms in total. The van der Waals surface area contributed by atoms with Crippen molar-refractivity contribution in [1.82, 2.24) is 0 Å². The summed E-state index contributed by atoms with van der Waals surface area (Å²) >= 11 is 0. The van der Waals surface area contributed by atoms with Crippen LogP contribution >= 0.6 is 0 Å². The van der Waals surface area contributed by atoms with Gasteiger partial charge < -0.3 is 28.8 Å². The second-order valence-corrected chi connectivity index (χ2v) is 6.98. The van der Waals surface area contributed by atoms with E-state index in [2.05, 4.69) is 0 Å². The lowest BCUT2D eigenvalue weighted by Gasteiger charge is -2.15. The summed E-state index contributed by atoms with van der Waals surface area (Å²) in [6, 6.07) is 5.77. The zero-order valence-electron chi connectivity index (χ0n) is 17.5. The summed E-state index contributed by atoms with van der Waals surface area (Å²) in [6.07, 6.45) is 2.20. The number of phenols is 2. The van der Waals surface area contributed by atoms with Gasteiger partial charge in [0, 0.05) is 23.3 Å². The minimum atomic E-state index is -0.380. The van der Waals surface area contributed by atoms with E-state index in [-0.39, 0.29) is 33.7 Å². The molecule has 158 valence electrons. The first-order valence-electron chi connectivity index (χ1n) is 9.26. The SMILES string of the molecule is COc1cc(-c2oc3cc(O)cc(O)c3c(=O)c2CC=C(C)C)cc(OC)c1OC. The van der Waals surface area contributed by atoms with Gasteiger partial charge in [-0.3, -0.25) is 4.79 Å². The average Bonchev–Trinajstić information content (AvgIpc) is 2.70. The number of fused-ring (bicyclic) bond motifs is 1. The minimum absolute atomic E-state index is 0.0150. The molecule has 0 aliphatic rings. The van der Waals surface area contributed by atoms with E-state index in [9.17, 15) is 15.0 Å². The van der Waals surface area contributed by atoms with Crippen LogP contribution in [0.1, 0.15) is 19.4 Å². The van der Waals surface area contributed by atoms with Gasteiger partial charge in [0.25, 0.3) is 0 Å². The Bertz CT molecular complexity index is 1160. The predicted octanol–water partition coefficient (Wildman–Crippen LogP) is 4.41. The van der Waals surface area contributed by atoms with Crippen LogP contribution in [0, 0.1) is 0 Å². The minimum Gasteiger partial charge on any atom is -0.508 e. The predicted molar refractivity (Wildman–Crippen MR) is 114 cm³/mol. The molecule has 3 rings (SSSR count). The van der Waals surface area contributed by atoms with E-state index < -0.39 is 0 Å². The van der Waals surface area contributed by atoms with E-state index in [1.54, 1.807) is 12.1 Å². The molecule has 0 bridgehead atoms. The van der Waals surface area contributed by atoms with Crippen LogP contribution in [-0.4, -0.2) is 31.5 Å². The van der Waals surface area contributed by atoms with E-state index in [4.69, 9.17) is 18.6 Å². The summed E-state index contributed by atoms with van der Waals surface area (Å²) in [7, 11) is 4.50. The van der Waals surface area contributed by atoms with Crippen molar-refractivity contribution in [2.45, 2.75) is 20.3 Å². The Balaban J connectivity index is 2.41. The molecule has 0 spiro atoms. The lowest BCUT2D eigenvalue weighted by atomic mass is 10.00. The fourth-order valence-electron chi connectivity index (χ4n) is 3.26. The zero-order chi connectivity index (χ0) is 22.0. The third kappa shape index (κ3) is 3.78. The van der Waals surface area contributed by atoms with Crippen molar-refractivity contribution < 1.29 is 28.8 Å². The van der Waals surface area contributed by atoms with E-state index in [1.807, 2.05) is 19.9 Å². The lowest BCUT2D eigenvalue weighted by Crippen LogP contribution is -2.11. The van der Waals surface area contributed by atoms with Crippen LogP contribution in [0.2, 0.25) is 0 Å². The summed E-state index contributed by atoms with van der Waals surface area (Å²) < 4.78 is 22.2. The normalized spacial score (nSPS) is 10.7. The van der Waals surface area contributed by atoms with Gasteiger partial charge in [0.1, 0.15) is 28.2 Å². The topological polar surface area (TPSA) is 98.4 Å². The molecule has 0 unspecified atom stereocenters. The van der Waals surface area contributed by atoms with Crippen LogP contribution in [0.15, 0.2) is 45.1 Å². The Kier molecular flexibility index (Phi) is 5.91. The van der Waals surface area contributed by atoms with E-state index in [0.29, 0.717) is 34.8 Å². The first-order valence-corrected chi connectivity index (χ1v) is 9.26. The molecular formula is C23H24O7. The molecule has 0 atom stereocenters. The van der Waals surface area contributed by atoms with Crippen molar-refractivity contribution in [3.8, 4) is 40.1 Å². The largest absolute Gasteiger partial charge is 0.508 e. The zero-order valence-corrected chi connectivity index (χ0v) is 17.5. The molecule has 30 heavy (non-hydrogen) atoms. The molecule has 0 aliphatic carbocycles. The summed E-state index contributed by atoms with van der Waals surface area (Å²) in [4.78, 5) is 13.3. The molecule has 0 saturated heterocycles. The van der Waals surface area contributed by atoms with Crippen molar-refractivity contribution in [2.24, 2.45) is 0 Å².